The molecule has 0 bridgehead atoms. The van der Waals surface area contributed by atoms with Gasteiger partial charge >= 0.3 is 5.97 Å². The van der Waals surface area contributed by atoms with Crippen molar-refractivity contribution in [3.8, 4) is 16.9 Å². The van der Waals surface area contributed by atoms with Gasteiger partial charge in [0.15, 0.2) is 5.75 Å². The zero-order valence-corrected chi connectivity index (χ0v) is 25.5. The zero-order valence-electron chi connectivity index (χ0n) is 20.8. The van der Waals surface area contributed by atoms with Crippen LogP contribution in [0.15, 0.2) is 92.9 Å². The molecule has 1 heterocycles. The largest absolute Gasteiger partial charge is 0.421 e. The number of ether oxygens (including phenoxy) is 1. The average Bonchev–Trinajstić information content (AvgIpc) is 3.29. The molecule has 0 radical (unpaired) electrons. The number of aromatic amines is 1. The Balaban J connectivity index is 1.44. The van der Waals surface area contributed by atoms with Crippen molar-refractivity contribution < 1.29 is 14.3 Å². The Bertz CT molecular complexity index is 1800. The van der Waals surface area contributed by atoms with E-state index in [0.717, 1.165) is 27.6 Å². The Morgan fingerprint density at radius 2 is 1.75 bits per heavy atom. The Morgan fingerprint density at radius 3 is 2.50 bits per heavy atom. The SMILES string of the molecule is Cc1ccc2[nH]c(C(=O)NN=Cc3cc(Br)cc(Br)c3OC(=O)c3ccc(Cl)cc3Cl)c(-c3ccccc3)c2c1. The summed E-state index contributed by atoms with van der Waals surface area (Å²) >= 11 is 19.0. The van der Waals surface area contributed by atoms with Gasteiger partial charge in [-0.1, -0.05) is 81.1 Å². The van der Waals surface area contributed by atoms with Gasteiger partial charge in [-0.25, -0.2) is 10.2 Å². The first-order valence-corrected chi connectivity index (χ1v) is 14.2. The van der Waals surface area contributed by atoms with Gasteiger partial charge in [0.25, 0.3) is 5.91 Å². The second kappa shape index (κ2) is 12.0. The normalized spacial score (nSPS) is 11.2. The number of rotatable bonds is 6. The quantitative estimate of drug-likeness (QED) is 0.0804. The number of halogens is 4. The fourth-order valence-corrected chi connectivity index (χ4v) is 6.01. The number of amides is 1. The molecular weight excluding hydrogens is 681 g/mol. The van der Waals surface area contributed by atoms with E-state index in [9.17, 15) is 9.59 Å². The van der Waals surface area contributed by atoms with Crippen molar-refractivity contribution in [2.45, 2.75) is 6.92 Å². The highest BCUT2D eigenvalue weighted by atomic mass is 79.9. The number of fused-ring (bicyclic) bond motifs is 1. The van der Waals surface area contributed by atoms with Crippen LogP contribution in [0.1, 0.15) is 32.0 Å². The van der Waals surface area contributed by atoms with Gasteiger partial charge in [-0.2, -0.15) is 5.10 Å². The van der Waals surface area contributed by atoms with Crippen molar-refractivity contribution in [3.63, 3.8) is 0 Å². The third-order valence-electron chi connectivity index (χ3n) is 6.00. The number of H-pyrrole nitrogens is 1. The van der Waals surface area contributed by atoms with Crippen molar-refractivity contribution in [3.05, 3.63) is 120 Å². The smallest absolute Gasteiger partial charge is 0.345 e. The second-order valence-corrected chi connectivity index (χ2v) is 11.4. The van der Waals surface area contributed by atoms with Crippen LogP contribution in [-0.4, -0.2) is 23.1 Å². The number of aromatic nitrogens is 1. The van der Waals surface area contributed by atoms with E-state index in [1.807, 2.05) is 55.5 Å². The fourth-order valence-electron chi connectivity index (χ4n) is 4.18. The van der Waals surface area contributed by atoms with E-state index in [2.05, 4.69) is 47.4 Å². The van der Waals surface area contributed by atoms with Crippen molar-refractivity contribution in [1.82, 2.24) is 10.4 Å². The number of nitrogens with one attached hydrogen (secondary N) is 2. The molecule has 4 aromatic carbocycles. The Hall–Kier alpha value is -3.43. The van der Waals surface area contributed by atoms with E-state index in [-0.39, 0.29) is 16.3 Å². The number of benzene rings is 4. The molecule has 2 N–H and O–H groups in total. The lowest BCUT2D eigenvalue weighted by Gasteiger charge is -2.11. The number of carbonyl (C=O) groups excluding carboxylic acids is 2. The average molecular weight is 700 g/mol. The summed E-state index contributed by atoms with van der Waals surface area (Å²) in [6.07, 6.45) is 1.40. The molecule has 0 fully saturated rings. The van der Waals surface area contributed by atoms with E-state index in [4.69, 9.17) is 27.9 Å². The molecule has 0 aliphatic carbocycles. The fraction of sp³-hybridized carbons (Fsp3) is 0.0333. The van der Waals surface area contributed by atoms with Crippen LogP contribution in [0, 0.1) is 6.92 Å². The predicted molar refractivity (Wildman–Crippen MR) is 167 cm³/mol. The molecule has 0 saturated carbocycles. The Labute approximate surface area is 256 Å². The highest BCUT2D eigenvalue weighted by Crippen LogP contribution is 2.35. The van der Waals surface area contributed by atoms with Crippen molar-refractivity contribution in [2.24, 2.45) is 5.10 Å². The molecule has 10 heteroatoms. The lowest BCUT2D eigenvalue weighted by molar-refractivity contribution is 0.0733. The summed E-state index contributed by atoms with van der Waals surface area (Å²) in [7, 11) is 0. The molecule has 1 aromatic heterocycles. The maximum atomic E-state index is 13.3. The third kappa shape index (κ3) is 6.00. The minimum Gasteiger partial charge on any atom is -0.421 e. The van der Waals surface area contributed by atoms with Crippen molar-refractivity contribution in [2.75, 3.05) is 0 Å². The number of hydrogen-bond acceptors (Lipinski definition) is 4. The number of nitrogens with zero attached hydrogens (tertiary/aromatic N) is 1. The van der Waals surface area contributed by atoms with Gasteiger partial charge < -0.3 is 9.72 Å². The number of hydrazone groups is 1. The van der Waals surface area contributed by atoms with E-state index in [0.29, 0.717) is 25.2 Å². The van der Waals surface area contributed by atoms with Crippen molar-refractivity contribution in [1.29, 1.82) is 0 Å². The monoisotopic (exact) mass is 697 g/mol. The lowest BCUT2D eigenvalue weighted by Crippen LogP contribution is -2.19. The summed E-state index contributed by atoms with van der Waals surface area (Å²) < 4.78 is 6.86. The molecule has 0 spiro atoms. The van der Waals surface area contributed by atoms with Gasteiger partial charge in [-0.15, -0.1) is 0 Å². The van der Waals surface area contributed by atoms with Crippen LogP contribution in [-0.2, 0) is 0 Å². The molecule has 5 rings (SSSR count). The van der Waals surface area contributed by atoms with Gasteiger partial charge in [-0.3, -0.25) is 4.79 Å². The molecule has 0 atom stereocenters. The first-order chi connectivity index (χ1) is 19.2. The summed E-state index contributed by atoms with van der Waals surface area (Å²) in [6, 6.07) is 23.6. The zero-order chi connectivity index (χ0) is 28.4. The first-order valence-electron chi connectivity index (χ1n) is 11.9. The summed E-state index contributed by atoms with van der Waals surface area (Å²) in [5, 5.41) is 5.67. The summed E-state index contributed by atoms with van der Waals surface area (Å²) in [4.78, 5) is 29.5. The summed E-state index contributed by atoms with van der Waals surface area (Å²) in [6.45, 7) is 2.01. The van der Waals surface area contributed by atoms with E-state index in [1.54, 1.807) is 18.2 Å². The number of aryl methyl sites for hydroxylation is 1. The Morgan fingerprint density at radius 1 is 0.975 bits per heavy atom. The van der Waals surface area contributed by atoms with E-state index >= 15 is 0 Å². The van der Waals surface area contributed by atoms with Crippen molar-refractivity contribution >= 4 is 84.1 Å². The van der Waals surface area contributed by atoms with Crippen LogP contribution >= 0.6 is 55.1 Å². The Kier molecular flexibility index (Phi) is 8.42. The summed E-state index contributed by atoms with van der Waals surface area (Å²) in [5.41, 5.74) is 7.15. The van der Waals surface area contributed by atoms with Gasteiger partial charge in [0.1, 0.15) is 5.69 Å². The van der Waals surface area contributed by atoms with Crippen LogP contribution < -0.4 is 10.2 Å². The molecule has 0 aliphatic heterocycles. The van der Waals surface area contributed by atoms with Crippen LogP contribution in [0.3, 0.4) is 0 Å². The molecule has 0 unspecified atom stereocenters. The highest BCUT2D eigenvalue weighted by molar-refractivity contribution is 9.11. The highest BCUT2D eigenvalue weighted by Gasteiger charge is 2.20. The standard InChI is InChI=1S/C30H19Br2Cl2N3O3/c1-16-7-10-25-22(11-16)26(17-5-3-2-4-6-17)27(36-25)29(38)37-35-15-18-12-19(31)13-23(32)28(18)40-30(39)21-9-8-20(33)14-24(21)34/h2-15,36H,1H3,(H,37,38). The van der Waals surface area contributed by atoms with E-state index < -0.39 is 11.9 Å². The van der Waals surface area contributed by atoms with Gasteiger partial charge in [0, 0.05) is 31.5 Å². The maximum Gasteiger partial charge on any atom is 0.345 e. The molecule has 6 nitrogen and oxygen atoms in total. The minimum atomic E-state index is -0.677. The van der Waals surface area contributed by atoms with E-state index in [1.165, 1.54) is 18.3 Å². The minimum absolute atomic E-state index is 0.152. The van der Waals surface area contributed by atoms with Crippen LogP contribution in [0.4, 0.5) is 0 Å². The third-order valence-corrected chi connectivity index (χ3v) is 7.59. The molecule has 0 saturated heterocycles. The molecule has 5 aromatic rings. The first kappa shape index (κ1) is 28.1. The topological polar surface area (TPSA) is 83.6 Å². The molecule has 0 aliphatic rings. The van der Waals surface area contributed by atoms with Crippen LogP contribution in [0.5, 0.6) is 5.75 Å². The second-order valence-electron chi connectivity index (χ2n) is 8.81. The van der Waals surface area contributed by atoms with Crippen LogP contribution in [0.2, 0.25) is 10.0 Å². The lowest BCUT2D eigenvalue weighted by atomic mass is 10.0. The molecule has 40 heavy (non-hydrogen) atoms. The molecule has 200 valence electrons. The van der Waals surface area contributed by atoms with Gasteiger partial charge in [0.05, 0.1) is 21.3 Å². The number of esters is 1. The van der Waals surface area contributed by atoms with Gasteiger partial charge in [-0.05, 0) is 70.9 Å². The molecule has 1 amide bonds. The van der Waals surface area contributed by atoms with Crippen LogP contribution in [0.25, 0.3) is 22.0 Å². The molecular formula is C30H19Br2Cl2N3O3. The summed E-state index contributed by atoms with van der Waals surface area (Å²) in [5.74, 6) is -0.906. The number of carbonyl (C=O) groups is 2. The maximum absolute atomic E-state index is 13.3. The van der Waals surface area contributed by atoms with Gasteiger partial charge in [0.2, 0.25) is 0 Å². The predicted octanol–water partition coefficient (Wildman–Crippen LogP) is 8.96. The number of hydrogen-bond donors (Lipinski definition) is 2.